The van der Waals surface area contributed by atoms with Gasteiger partial charge in [0.05, 0.1) is 23.0 Å². The van der Waals surface area contributed by atoms with E-state index in [1.54, 1.807) is 0 Å². The average molecular weight is 485 g/mol. The maximum absolute atomic E-state index is 13.1. The van der Waals surface area contributed by atoms with Crippen LogP contribution in [0, 0.1) is 5.82 Å². The number of carbonyl (C=O) groups is 1. The third kappa shape index (κ3) is 4.33. The molecule has 0 unspecified atom stereocenters. The summed E-state index contributed by atoms with van der Waals surface area (Å²) in [6, 6.07) is 5.36. The number of halogens is 7. The fourth-order valence-corrected chi connectivity index (χ4v) is 3.02. The Bertz CT molecular complexity index is 1420. The minimum atomic E-state index is -5.15. The molecule has 0 aliphatic carbocycles. The van der Waals surface area contributed by atoms with E-state index in [9.17, 15) is 40.3 Å². The molecule has 2 aromatic carbocycles. The number of hydrogen-bond donors (Lipinski definition) is 1. The van der Waals surface area contributed by atoms with Crippen LogP contribution in [0.3, 0.4) is 0 Å². The molecule has 176 valence electrons. The summed E-state index contributed by atoms with van der Waals surface area (Å²) in [4.78, 5) is 29.1. The van der Waals surface area contributed by atoms with Crippen LogP contribution in [0.15, 0.2) is 59.8 Å². The fraction of sp³-hybridized carbons (Fsp3) is 0.100. The van der Waals surface area contributed by atoms with Crippen LogP contribution in [0.1, 0.15) is 21.5 Å². The average Bonchev–Trinajstić information content (AvgIpc) is 3.19. The number of alkyl halides is 6. The summed E-state index contributed by atoms with van der Waals surface area (Å²) in [6.45, 7) is 0. The van der Waals surface area contributed by atoms with Gasteiger partial charge >= 0.3 is 12.4 Å². The number of nitrogens with zero attached hydrogens (tertiary/aromatic N) is 4. The summed E-state index contributed by atoms with van der Waals surface area (Å²) in [5.74, 6) is -1.92. The van der Waals surface area contributed by atoms with E-state index in [2.05, 4.69) is 10.1 Å². The van der Waals surface area contributed by atoms with Crippen molar-refractivity contribution in [1.82, 2.24) is 19.4 Å². The van der Waals surface area contributed by atoms with Gasteiger partial charge in [0.2, 0.25) is 0 Å². The Morgan fingerprint density at radius 1 is 0.912 bits per heavy atom. The number of carbonyl (C=O) groups excluding carboxylic acids is 1. The molecule has 0 bridgehead atoms. The third-order valence-electron chi connectivity index (χ3n) is 4.63. The summed E-state index contributed by atoms with van der Waals surface area (Å²) in [5.41, 5.74) is -2.97. The van der Waals surface area contributed by atoms with Crippen molar-refractivity contribution < 1.29 is 35.5 Å². The van der Waals surface area contributed by atoms with Gasteiger partial charge in [-0.3, -0.25) is 15.0 Å². The van der Waals surface area contributed by atoms with Crippen molar-refractivity contribution in [2.45, 2.75) is 12.4 Å². The van der Waals surface area contributed by atoms with E-state index in [1.807, 2.05) is 5.43 Å². The monoisotopic (exact) mass is 485 g/mol. The molecule has 4 rings (SSSR count). The predicted molar refractivity (Wildman–Crippen MR) is 103 cm³/mol. The minimum absolute atomic E-state index is 0.0144. The predicted octanol–water partition coefficient (Wildman–Crippen LogP) is 4.14. The Balaban J connectivity index is 1.71. The number of hydrogen-bond acceptors (Lipinski definition) is 4. The lowest BCUT2D eigenvalue weighted by atomic mass is 10.0. The molecule has 1 amide bonds. The van der Waals surface area contributed by atoms with Crippen LogP contribution in [-0.4, -0.2) is 25.3 Å². The van der Waals surface area contributed by atoms with Crippen molar-refractivity contribution in [2.24, 2.45) is 0 Å². The van der Waals surface area contributed by atoms with Crippen LogP contribution >= 0.6 is 0 Å². The summed E-state index contributed by atoms with van der Waals surface area (Å²) in [7, 11) is 0. The molecule has 7 nitrogen and oxygen atoms in total. The van der Waals surface area contributed by atoms with Crippen LogP contribution in [0.4, 0.5) is 30.7 Å². The van der Waals surface area contributed by atoms with Crippen LogP contribution in [0.2, 0.25) is 0 Å². The zero-order valence-electron chi connectivity index (χ0n) is 16.4. The van der Waals surface area contributed by atoms with Crippen molar-refractivity contribution in [2.75, 3.05) is 5.43 Å². The largest absolute Gasteiger partial charge is 0.416 e. The zero-order chi connectivity index (χ0) is 24.8. The molecule has 34 heavy (non-hydrogen) atoms. The Kier molecular flexibility index (Phi) is 5.38. The number of benzene rings is 2. The first-order chi connectivity index (χ1) is 15.8. The van der Waals surface area contributed by atoms with E-state index in [0.29, 0.717) is 10.4 Å². The van der Waals surface area contributed by atoms with Gasteiger partial charge in [-0.2, -0.15) is 31.4 Å². The molecule has 0 saturated heterocycles. The van der Waals surface area contributed by atoms with Gasteiger partial charge in [-0.05, 0) is 42.5 Å². The van der Waals surface area contributed by atoms with E-state index in [4.69, 9.17) is 0 Å². The van der Waals surface area contributed by atoms with E-state index in [0.717, 1.165) is 24.7 Å². The number of aromatic nitrogens is 4. The quantitative estimate of drug-likeness (QED) is 0.443. The van der Waals surface area contributed by atoms with Gasteiger partial charge in [-0.1, -0.05) is 0 Å². The highest BCUT2D eigenvalue weighted by Gasteiger charge is 2.37. The SMILES string of the molecule is O=C(Nn1cnc2c(cnn2-c2ccc(F)cc2)c1=O)c1cc(C(F)(F)F)cc(C(F)(F)F)c1. The first kappa shape index (κ1) is 22.9. The third-order valence-corrected chi connectivity index (χ3v) is 4.63. The molecule has 0 atom stereocenters. The highest BCUT2D eigenvalue weighted by atomic mass is 19.4. The van der Waals surface area contributed by atoms with Gasteiger partial charge in [-0.25, -0.2) is 18.7 Å². The molecule has 0 fully saturated rings. The summed E-state index contributed by atoms with van der Waals surface area (Å²) < 4.78 is 93.0. The lowest BCUT2D eigenvalue weighted by molar-refractivity contribution is -0.143. The molecule has 14 heteroatoms. The molecule has 4 aromatic rings. The van der Waals surface area contributed by atoms with Crippen LogP contribution in [0.25, 0.3) is 16.7 Å². The number of nitrogens with one attached hydrogen (secondary N) is 1. The molecule has 0 radical (unpaired) electrons. The van der Waals surface area contributed by atoms with E-state index in [1.165, 1.54) is 16.8 Å². The summed E-state index contributed by atoms with van der Waals surface area (Å²) in [5, 5.41) is 3.84. The molecule has 0 saturated carbocycles. The minimum Gasteiger partial charge on any atom is -0.267 e. The van der Waals surface area contributed by atoms with Gasteiger partial charge in [0, 0.05) is 5.56 Å². The lowest BCUT2D eigenvalue weighted by Gasteiger charge is -2.14. The van der Waals surface area contributed by atoms with Gasteiger partial charge < -0.3 is 0 Å². The molecule has 1 N–H and O–H groups in total. The Hall–Kier alpha value is -4.23. The second-order valence-corrected chi connectivity index (χ2v) is 6.93. The fourth-order valence-electron chi connectivity index (χ4n) is 3.02. The zero-order valence-corrected chi connectivity index (χ0v) is 16.4. The lowest BCUT2D eigenvalue weighted by Crippen LogP contribution is -2.33. The summed E-state index contributed by atoms with van der Waals surface area (Å²) >= 11 is 0. The standard InChI is InChI=1S/C20H10F7N5O2/c21-13-1-3-14(4-2-13)32-16-15(8-29-32)18(34)31(9-28-16)30-17(33)10-5-11(19(22,23)24)7-12(6-10)20(25,26)27/h1-9H,(H,30,33). The van der Waals surface area contributed by atoms with Crippen molar-refractivity contribution in [1.29, 1.82) is 0 Å². The van der Waals surface area contributed by atoms with Crippen LogP contribution < -0.4 is 11.0 Å². The molecule has 0 aliphatic heterocycles. The van der Waals surface area contributed by atoms with Crippen molar-refractivity contribution in [3.63, 3.8) is 0 Å². The van der Waals surface area contributed by atoms with Crippen molar-refractivity contribution in [3.8, 4) is 5.69 Å². The molecule has 0 aliphatic rings. The van der Waals surface area contributed by atoms with E-state index >= 15 is 0 Å². The second-order valence-electron chi connectivity index (χ2n) is 6.93. The maximum Gasteiger partial charge on any atom is 0.416 e. The van der Waals surface area contributed by atoms with Gasteiger partial charge in [0.1, 0.15) is 17.5 Å². The first-order valence-electron chi connectivity index (χ1n) is 9.17. The Morgan fingerprint density at radius 3 is 2.06 bits per heavy atom. The Morgan fingerprint density at radius 2 is 1.50 bits per heavy atom. The highest BCUT2D eigenvalue weighted by Crippen LogP contribution is 2.36. The highest BCUT2D eigenvalue weighted by molar-refractivity contribution is 6.00. The summed E-state index contributed by atoms with van der Waals surface area (Å²) in [6.07, 6.45) is -8.41. The van der Waals surface area contributed by atoms with Gasteiger partial charge in [0.15, 0.2) is 5.65 Å². The van der Waals surface area contributed by atoms with Gasteiger partial charge in [0.25, 0.3) is 11.5 Å². The molecular weight excluding hydrogens is 475 g/mol. The molecule has 0 spiro atoms. The topological polar surface area (TPSA) is 81.8 Å². The van der Waals surface area contributed by atoms with E-state index in [-0.39, 0.29) is 29.2 Å². The number of fused-ring (bicyclic) bond motifs is 1. The van der Waals surface area contributed by atoms with E-state index < -0.39 is 46.3 Å². The second kappa shape index (κ2) is 7.97. The molecule has 2 heterocycles. The molecule has 2 aromatic heterocycles. The maximum atomic E-state index is 13.1. The smallest absolute Gasteiger partial charge is 0.267 e. The first-order valence-corrected chi connectivity index (χ1v) is 9.17. The Labute approximate surface area is 184 Å². The van der Waals surface area contributed by atoms with Gasteiger partial charge in [-0.15, -0.1) is 0 Å². The van der Waals surface area contributed by atoms with Crippen LogP contribution in [-0.2, 0) is 12.4 Å². The van der Waals surface area contributed by atoms with Crippen molar-refractivity contribution >= 4 is 16.9 Å². The normalized spacial score (nSPS) is 12.2. The number of rotatable bonds is 3. The molecular formula is C20H10F7N5O2. The van der Waals surface area contributed by atoms with Crippen LogP contribution in [0.5, 0.6) is 0 Å². The van der Waals surface area contributed by atoms with Crippen molar-refractivity contribution in [3.05, 3.63) is 87.9 Å². The number of amides is 1.